The molecular formula is C13H17N3O3. The summed E-state index contributed by atoms with van der Waals surface area (Å²) >= 11 is 0. The highest BCUT2D eigenvalue weighted by atomic mass is 16.5. The van der Waals surface area contributed by atoms with Gasteiger partial charge in [-0.25, -0.2) is 0 Å². The largest absolute Gasteiger partial charge is 0.508 e. The number of hydrogen-bond acceptors (Lipinski definition) is 6. The number of benzene rings is 1. The maximum atomic E-state index is 9.18. The smallest absolute Gasteiger partial charge is 0.246 e. The fourth-order valence-electron chi connectivity index (χ4n) is 1.42. The Morgan fingerprint density at radius 3 is 2.63 bits per heavy atom. The van der Waals surface area contributed by atoms with Crippen LogP contribution in [0.5, 0.6) is 5.75 Å². The fourth-order valence-corrected chi connectivity index (χ4v) is 1.42. The van der Waals surface area contributed by atoms with Crippen molar-refractivity contribution in [1.82, 2.24) is 10.1 Å². The third-order valence-corrected chi connectivity index (χ3v) is 2.83. The van der Waals surface area contributed by atoms with E-state index in [0.717, 1.165) is 5.69 Å². The van der Waals surface area contributed by atoms with E-state index in [1.807, 2.05) is 13.8 Å². The van der Waals surface area contributed by atoms with Gasteiger partial charge in [-0.1, -0.05) is 5.16 Å². The molecule has 0 radical (unpaired) electrons. The van der Waals surface area contributed by atoms with Crippen LogP contribution in [0.25, 0.3) is 0 Å². The molecule has 19 heavy (non-hydrogen) atoms. The van der Waals surface area contributed by atoms with E-state index in [0.29, 0.717) is 18.3 Å². The molecule has 0 amide bonds. The Labute approximate surface area is 111 Å². The van der Waals surface area contributed by atoms with Crippen molar-refractivity contribution < 1.29 is 14.4 Å². The Morgan fingerprint density at radius 1 is 1.32 bits per heavy atom. The van der Waals surface area contributed by atoms with Crippen LogP contribution < -0.4 is 5.32 Å². The number of ether oxygens (including phenoxy) is 1. The molecule has 2 N–H and O–H groups in total. The predicted octanol–water partition coefficient (Wildman–Crippen LogP) is 2.27. The van der Waals surface area contributed by atoms with Crippen LogP contribution in [-0.4, -0.2) is 22.4 Å². The molecule has 0 atom stereocenters. The van der Waals surface area contributed by atoms with Crippen LogP contribution in [0.2, 0.25) is 0 Å². The summed E-state index contributed by atoms with van der Waals surface area (Å²) in [5.74, 6) is 1.22. The summed E-state index contributed by atoms with van der Waals surface area (Å²) in [6.45, 7) is 4.15. The minimum Gasteiger partial charge on any atom is -0.508 e. The third-order valence-electron chi connectivity index (χ3n) is 2.83. The topological polar surface area (TPSA) is 80.4 Å². The average Bonchev–Trinajstić information content (AvgIpc) is 2.88. The molecule has 102 valence electrons. The zero-order valence-electron chi connectivity index (χ0n) is 11.2. The van der Waals surface area contributed by atoms with Crippen LogP contribution in [0.15, 0.2) is 28.8 Å². The molecule has 6 nitrogen and oxygen atoms in total. The molecule has 0 bridgehead atoms. The Hall–Kier alpha value is -2.08. The number of aromatic hydroxyl groups is 1. The monoisotopic (exact) mass is 263 g/mol. The molecule has 0 aliphatic rings. The van der Waals surface area contributed by atoms with Crippen molar-refractivity contribution in [3.63, 3.8) is 0 Å². The van der Waals surface area contributed by atoms with Gasteiger partial charge in [-0.15, -0.1) is 0 Å². The van der Waals surface area contributed by atoms with Gasteiger partial charge in [0.2, 0.25) is 11.7 Å². The molecule has 1 aromatic heterocycles. The lowest BCUT2D eigenvalue weighted by Gasteiger charge is -2.17. The number of anilines is 1. The highest BCUT2D eigenvalue weighted by Gasteiger charge is 2.25. The molecule has 0 fully saturated rings. The number of nitrogens with one attached hydrogen (secondary N) is 1. The molecule has 0 saturated carbocycles. The second kappa shape index (κ2) is 5.27. The molecule has 1 aromatic carbocycles. The first-order chi connectivity index (χ1) is 9.01. The van der Waals surface area contributed by atoms with E-state index >= 15 is 0 Å². The van der Waals surface area contributed by atoms with E-state index < -0.39 is 5.60 Å². The van der Waals surface area contributed by atoms with Gasteiger partial charge in [0.05, 0.1) is 6.54 Å². The van der Waals surface area contributed by atoms with Crippen molar-refractivity contribution in [2.24, 2.45) is 0 Å². The van der Waals surface area contributed by atoms with Crippen LogP contribution in [-0.2, 0) is 16.9 Å². The van der Waals surface area contributed by atoms with Crippen molar-refractivity contribution in [1.29, 1.82) is 0 Å². The molecule has 2 rings (SSSR count). The van der Waals surface area contributed by atoms with E-state index in [2.05, 4.69) is 15.5 Å². The first-order valence-electron chi connectivity index (χ1n) is 5.92. The van der Waals surface area contributed by atoms with Gasteiger partial charge in [0, 0.05) is 12.8 Å². The van der Waals surface area contributed by atoms with E-state index in [9.17, 15) is 5.11 Å². The fraction of sp³-hybridized carbons (Fsp3) is 0.385. The predicted molar refractivity (Wildman–Crippen MR) is 69.8 cm³/mol. The van der Waals surface area contributed by atoms with Crippen LogP contribution in [0.3, 0.4) is 0 Å². The summed E-state index contributed by atoms with van der Waals surface area (Å²) in [7, 11) is 1.60. The average molecular weight is 263 g/mol. The van der Waals surface area contributed by atoms with Crippen LogP contribution in [0, 0.1) is 0 Å². The van der Waals surface area contributed by atoms with Crippen molar-refractivity contribution >= 4 is 5.69 Å². The minimum absolute atomic E-state index is 0.229. The number of phenols is 1. The van der Waals surface area contributed by atoms with Gasteiger partial charge >= 0.3 is 0 Å². The summed E-state index contributed by atoms with van der Waals surface area (Å²) < 4.78 is 10.4. The van der Waals surface area contributed by atoms with E-state index in [-0.39, 0.29) is 5.75 Å². The number of rotatable bonds is 5. The number of nitrogens with zero attached hydrogens (tertiary/aromatic N) is 2. The SMILES string of the molecule is COC(C)(C)c1noc(CNc2ccc(O)cc2)n1. The number of methoxy groups -OCH3 is 1. The van der Waals surface area contributed by atoms with Crippen molar-refractivity contribution in [2.75, 3.05) is 12.4 Å². The summed E-state index contributed by atoms with van der Waals surface area (Å²) in [5, 5.41) is 16.2. The van der Waals surface area contributed by atoms with E-state index in [4.69, 9.17) is 9.26 Å². The first-order valence-corrected chi connectivity index (χ1v) is 5.92. The highest BCUT2D eigenvalue weighted by Crippen LogP contribution is 2.20. The van der Waals surface area contributed by atoms with Gasteiger partial charge < -0.3 is 19.7 Å². The maximum absolute atomic E-state index is 9.18. The Morgan fingerprint density at radius 2 is 2.00 bits per heavy atom. The summed E-state index contributed by atoms with van der Waals surface area (Å²) in [6, 6.07) is 6.75. The second-order valence-electron chi connectivity index (χ2n) is 4.63. The molecule has 0 unspecified atom stereocenters. The molecule has 0 aliphatic heterocycles. The minimum atomic E-state index is -0.569. The lowest BCUT2D eigenvalue weighted by atomic mass is 10.1. The van der Waals surface area contributed by atoms with Crippen molar-refractivity contribution in [3.05, 3.63) is 36.0 Å². The van der Waals surface area contributed by atoms with Crippen molar-refractivity contribution in [2.45, 2.75) is 26.0 Å². The second-order valence-corrected chi connectivity index (χ2v) is 4.63. The molecule has 2 aromatic rings. The first kappa shape index (κ1) is 13.4. The van der Waals surface area contributed by atoms with E-state index in [1.54, 1.807) is 31.4 Å². The normalized spacial score (nSPS) is 11.5. The van der Waals surface area contributed by atoms with E-state index in [1.165, 1.54) is 0 Å². The quantitative estimate of drug-likeness (QED) is 0.805. The van der Waals surface area contributed by atoms with Crippen LogP contribution in [0.1, 0.15) is 25.6 Å². The summed E-state index contributed by atoms with van der Waals surface area (Å²) in [4.78, 5) is 4.27. The van der Waals surface area contributed by atoms with Gasteiger partial charge in [-0.05, 0) is 38.1 Å². The number of aromatic nitrogens is 2. The summed E-state index contributed by atoms with van der Waals surface area (Å²) in [6.07, 6.45) is 0. The molecular weight excluding hydrogens is 246 g/mol. The van der Waals surface area contributed by atoms with Gasteiger partial charge in [-0.3, -0.25) is 0 Å². The zero-order valence-corrected chi connectivity index (χ0v) is 11.2. The lowest BCUT2D eigenvalue weighted by molar-refractivity contribution is 0.00973. The highest BCUT2D eigenvalue weighted by molar-refractivity contribution is 5.45. The summed E-state index contributed by atoms with van der Waals surface area (Å²) in [5.41, 5.74) is 0.295. The lowest BCUT2D eigenvalue weighted by Crippen LogP contribution is -2.21. The Balaban J connectivity index is 1.99. The number of hydrogen-bond donors (Lipinski definition) is 2. The standard InChI is InChI=1S/C13H17N3O3/c1-13(2,18-3)12-15-11(19-16-12)8-14-9-4-6-10(17)7-5-9/h4-7,14,17H,8H2,1-3H3. The molecule has 6 heteroatoms. The van der Waals surface area contributed by atoms with Crippen LogP contribution >= 0.6 is 0 Å². The molecule has 0 saturated heterocycles. The van der Waals surface area contributed by atoms with Gasteiger partial charge in [0.1, 0.15) is 11.4 Å². The van der Waals surface area contributed by atoms with Crippen LogP contribution in [0.4, 0.5) is 5.69 Å². The Bertz CT molecular complexity index is 534. The molecule has 0 spiro atoms. The maximum Gasteiger partial charge on any atom is 0.246 e. The molecule has 1 heterocycles. The molecule has 0 aliphatic carbocycles. The Kier molecular flexibility index (Phi) is 3.71. The van der Waals surface area contributed by atoms with Crippen molar-refractivity contribution in [3.8, 4) is 5.75 Å². The van der Waals surface area contributed by atoms with Gasteiger partial charge in [-0.2, -0.15) is 4.98 Å². The number of phenolic OH excluding ortho intramolecular Hbond substituents is 1. The van der Waals surface area contributed by atoms with Gasteiger partial charge in [0.25, 0.3) is 0 Å². The third kappa shape index (κ3) is 3.23. The zero-order chi connectivity index (χ0) is 13.9. The van der Waals surface area contributed by atoms with Gasteiger partial charge in [0.15, 0.2) is 0 Å².